The SMILES string of the molecule is C=C/C(=C1/OCC(C(=O)Nc2ccc(C)cc2)=CC1=C)C(F)(F)F.CC. The minimum absolute atomic E-state index is 0.0254. The maximum atomic E-state index is 12.9. The second-order valence-electron chi connectivity index (χ2n) is 5.25. The molecule has 1 aromatic carbocycles. The average molecular weight is 365 g/mol. The molecule has 0 bridgehead atoms. The molecule has 1 aromatic rings. The Morgan fingerprint density at radius 3 is 2.27 bits per heavy atom. The van der Waals surface area contributed by atoms with E-state index < -0.39 is 23.4 Å². The summed E-state index contributed by atoms with van der Waals surface area (Å²) in [5.74, 6) is -0.865. The number of alkyl halides is 3. The molecule has 0 atom stereocenters. The summed E-state index contributed by atoms with van der Waals surface area (Å²) in [7, 11) is 0. The number of anilines is 1. The maximum Gasteiger partial charge on any atom is 0.419 e. The van der Waals surface area contributed by atoms with Gasteiger partial charge in [-0.25, -0.2) is 0 Å². The Morgan fingerprint density at radius 1 is 1.23 bits per heavy atom. The van der Waals surface area contributed by atoms with Crippen molar-refractivity contribution in [3.63, 3.8) is 0 Å². The Balaban J connectivity index is 0.00000163. The zero-order chi connectivity index (χ0) is 19.9. The van der Waals surface area contributed by atoms with Crippen LogP contribution >= 0.6 is 0 Å². The third-order valence-electron chi connectivity index (χ3n) is 3.37. The van der Waals surface area contributed by atoms with Crippen LogP contribution in [-0.4, -0.2) is 18.7 Å². The third-order valence-corrected chi connectivity index (χ3v) is 3.37. The highest BCUT2D eigenvalue weighted by Gasteiger charge is 2.37. The highest BCUT2D eigenvalue weighted by atomic mass is 19.4. The van der Waals surface area contributed by atoms with Crippen molar-refractivity contribution >= 4 is 11.6 Å². The van der Waals surface area contributed by atoms with Crippen LogP contribution in [0.3, 0.4) is 0 Å². The van der Waals surface area contributed by atoms with Crippen molar-refractivity contribution in [2.75, 3.05) is 11.9 Å². The second-order valence-corrected chi connectivity index (χ2v) is 5.25. The minimum Gasteiger partial charge on any atom is -0.487 e. The topological polar surface area (TPSA) is 38.3 Å². The van der Waals surface area contributed by atoms with E-state index >= 15 is 0 Å². The van der Waals surface area contributed by atoms with Gasteiger partial charge in [-0.15, -0.1) is 0 Å². The quantitative estimate of drug-likeness (QED) is 0.771. The van der Waals surface area contributed by atoms with E-state index in [-0.39, 0.29) is 17.8 Å². The van der Waals surface area contributed by atoms with Crippen molar-refractivity contribution in [1.82, 2.24) is 0 Å². The molecule has 1 heterocycles. The Labute approximate surface area is 151 Å². The molecule has 0 aliphatic carbocycles. The molecule has 1 aliphatic heterocycles. The van der Waals surface area contributed by atoms with Crippen LogP contribution in [0.15, 0.2) is 72.1 Å². The van der Waals surface area contributed by atoms with E-state index in [1.165, 1.54) is 6.08 Å². The molecule has 0 saturated heterocycles. The van der Waals surface area contributed by atoms with Gasteiger partial charge in [0.05, 0.1) is 11.1 Å². The Bertz CT molecular complexity index is 741. The monoisotopic (exact) mass is 365 g/mol. The predicted octanol–water partition coefficient (Wildman–Crippen LogP) is 5.47. The lowest BCUT2D eigenvalue weighted by Crippen LogP contribution is -2.23. The van der Waals surface area contributed by atoms with Gasteiger partial charge in [0.1, 0.15) is 12.4 Å². The molecule has 26 heavy (non-hydrogen) atoms. The van der Waals surface area contributed by atoms with E-state index in [0.717, 1.165) is 5.56 Å². The van der Waals surface area contributed by atoms with E-state index in [9.17, 15) is 18.0 Å². The van der Waals surface area contributed by atoms with Crippen molar-refractivity contribution < 1.29 is 22.7 Å². The van der Waals surface area contributed by atoms with Crippen molar-refractivity contribution in [1.29, 1.82) is 0 Å². The Hall–Kier alpha value is -2.76. The maximum absolute atomic E-state index is 12.9. The molecule has 1 aliphatic rings. The molecule has 0 fully saturated rings. The van der Waals surface area contributed by atoms with E-state index in [1.54, 1.807) is 12.1 Å². The lowest BCUT2D eigenvalue weighted by molar-refractivity contribution is -0.113. The summed E-state index contributed by atoms with van der Waals surface area (Å²) in [6.07, 6.45) is -2.64. The van der Waals surface area contributed by atoms with E-state index in [0.29, 0.717) is 11.8 Å². The van der Waals surface area contributed by atoms with Gasteiger partial charge in [0, 0.05) is 11.3 Å². The van der Waals surface area contributed by atoms with Gasteiger partial charge in [-0.3, -0.25) is 4.79 Å². The first-order valence-electron chi connectivity index (χ1n) is 8.07. The number of ether oxygens (including phenoxy) is 1. The number of carbonyl (C=O) groups excluding carboxylic acids is 1. The Morgan fingerprint density at radius 2 is 1.81 bits per heavy atom. The smallest absolute Gasteiger partial charge is 0.419 e. The first kappa shape index (κ1) is 21.3. The van der Waals surface area contributed by atoms with Gasteiger partial charge in [-0.1, -0.05) is 50.8 Å². The number of hydrogen-bond donors (Lipinski definition) is 1. The van der Waals surface area contributed by atoms with Crippen molar-refractivity contribution in [2.24, 2.45) is 0 Å². The largest absolute Gasteiger partial charge is 0.487 e. The van der Waals surface area contributed by atoms with Gasteiger partial charge in [-0.2, -0.15) is 13.2 Å². The highest BCUT2D eigenvalue weighted by Crippen LogP contribution is 2.34. The van der Waals surface area contributed by atoms with Gasteiger partial charge in [0.25, 0.3) is 5.91 Å². The van der Waals surface area contributed by atoms with Gasteiger partial charge in [-0.05, 0) is 25.1 Å². The van der Waals surface area contributed by atoms with Crippen molar-refractivity contribution in [2.45, 2.75) is 26.9 Å². The molecular weight excluding hydrogens is 343 g/mol. The number of halogens is 3. The van der Waals surface area contributed by atoms with Crippen LogP contribution in [0.2, 0.25) is 0 Å². The number of allylic oxidation sites excluding steroid dienone is 3. The second kappa shape index (κ2) is 9.08. The van der Waals surface area contributed by atoms with Crippen LogP contribution in [0, 0.1) is 6.92 Å². The normalized spacial score (nSPS) is 15.8. The fourth-order valence-corrected chi connectivity index (χ4v) is 2.13. The first-order valence-corrected chi connectivity index (χ1v) is 8.07. The zero-order valence-corrected chi connectivity index (χ0v) is 15.0. The van der Waals surface area contributed by atoms with Crippen LogP contribution in [0.25, 0.3) is 0 Å². The van der Waals surface area contributed by atoms with Crippen LogP contribution in [0.4, 0.5) is 18.9 Å². The fourth-order valence-electron chi connectivity index (χ4n) is 2.13. The summed E-state index contributed by atoms with van der Waals surface area (Å²) in [4.78, 5) is 12.2. The molecule has 1 amide bonds. The summed E-state index contributed by atoms with van der Waals surface area (Å²) in [6.45, 7) is 12.3. The van der Waals surface area contributed by atoms with Crippen LogP contribution < -0.4 is 5.32 Å². The molecule has 0 spiro atoms. The van der Waals surface area contributed by atoms with E-state index in [1.807, 2.05) is 32.9 Å². The summed E-state index contributed by atoms with van der Waals surface area (Å²) in [6, 6.07) is 7.13. The zero-order valence-electron chi connectivity index (χ0n) is 15.0. The number of hydrogen-bond acceptors (Lipinski definition) is 2. The minimum atomic E-state index is -4.60. The average Bonchev–Trinajstić information content (AvgIpc) is 2.59. The lowest BCUT2D eigenvalue weighted by Gasteiger charge is -2.22. The van der Waals surface area contributed by atoms with Crippen molar-refractivity contribution in [3.05, 3.63) is 77.6 Å². The molecule has 2 rings (SSSR count). The molecule has 0 saturated carbocycles. The number of nitrogens with one attached hydrogen (secondary N) is 1. The predicted molar refractivity (Wildman–Crippen MR) is 97.6 cm³/mol. The molecule has 0 unspecified atom stereocenters. The number of benzene rings is 1. The van der Waals surface area contributed by atoms with Crippen molar-refractivity contribution in [3.8, 4) is 0 Å². The summed E-state index contributed by atoms with van der Waals surface area (Å²) in [5, 5.41) is 2.66. The third kappa shape index (κ3) is 5.37. The lowest BCUT2D eigenvalue weighted by atomic mass is 10.0. The van der Waals surface area contributed by atoms with Crippen LogP contribution in [-0.2, 0) is 9.53 Å². The molecule has 6 heteroatoms. The number of carbonyl (C=O) groups is 1. The van der Waals surface area contributed by atoms with Gasteiger partial charge in [0.15, 0.2) is 0 Å². The standard InChI is InChI=1S/C18H16F3NO2.C2H6/c1-4-15(18(19,20)21)16-12(3)9-13(10-24-16)17(23)22-14-7-5-11(2)6-8-14;1-2/h4-9H,1,3,10H2,2H3,(H,22,23);1-2H3/b16-15-;. The molecule has 1 N–H and O–H groups in total. The fraction of sp³-hybridized carbons (Fsp3) is 0.250. The Kier molecular flexibility index (Phi) is 7.43. The summed E-state index contributed by atoms with van der Waals surface area (Å²) >= 11 is 0. The molecular formula is C20H22F3NO2. The van der Waals surface area contributed by atoms with Crippen LogP contribution in [0.1, 0.15) is 19.4 Å². The number of amides is 1. The van der Waals surface area contributed by atoms with E-state index in [2.05, 4.69) is 18.5 Å². The number of aryl methyl sites for hydroxylation is 1. The molecule has 3 nitrogen and oxygen atoms in total. The molecule has 140 valence electrons. The summed E-state index contributed by atoms with van der Waals surface area (Å²) < 4.78 is 43.8. The van der Waals surface area contributed by atoms with Crippen LogP contribution in [0.5, 0.6) is 0 Å². The molecule has 0 radical (unpaired) electrons. The van der Waals surface area contributed by atoms with Gasteiger partial charge < -0.3 is 10.1 Å². The van der Waals surface area contributed by atoms with Gasteiger partial charge >= 0.3 is 6.18 Å². The summed E-state index contributed by atoms with van der Waals surface area (Å²) in [5.41, 5.74) is 0.778. The molecule has 0 aromatic heterocycles. The first-order chi connectivity index (χ1) is 12.2. The van der Waals surface area contributed by atoms with E-state index in [4.69, 9.17) is 4.74 Å². The number of rotatable bonds is 3. The highest BCUT2D eigenvalue weighted by molar-refractivity contribution is 6.04. The van der Waals surface area contributed by atoms with Gasteiger partial charge in [0.2, 0.25) is 0 Å².